The van der Waals surface area contributed by atoms with Crippen molar-refractivity contribution in [1.82, 2.24) is 5.32 Å². The molecule has 2 amide bonds. The fourth-order valence-corrected chi connectivity index (χ4v) is 3.00. The van der Waals surface area contributed by atoms with Gasteiger partial charge in [-0.1, -0.05) is 48.5 Å². The highest BCUT2D eigenvalue weighted by Crippen LogP contribution is 2.33. The highest BCUT2D eigenvalue weighted by Gasteiger charge is 2.44. The number of anilines is 1. The second kappa shape index (κ2) is 7.19. The molecule has 4 nitrogen and oxygen atoms in total. The Hall–Kier alpha value is -2.83. The van der Waals surface area contributed by atoms with Crippen molar-refractivity contribution in [3.63, 3.8) is 0 Å². The molecule has 0 aromatic heterocycles. The second-order valence-corrected chi connectivity index (χ2v) is 6.13. The van der Waals surface area contributed by atoms with Crippen LogP contribution < -0.4 is 10.2 Å². The minimum Gasteiger partial charge on any atom is -0.341 e. The third-order valence-corrected chi connectivity index (χ3v) is 4.31. The highest BCUT2D eigenvalue weighted by molar-refractivity contribution is 6.00. The van der Waals surface area contributed by atoms with E-state index in [1.54, 1.807) is 36.4 Å². The molecule has 0 bridgehead atoms. The summed E-state index contributed by atoms with van der Waals surface area (Å²) in [7, 11) is 0. The molecular formula is C19H17F3N2O2. The molecule has 0 spiro atoms. The van der Waals surface area contributed by atoms with Crippen molar-refractivity contribution < 1.29 is 22.8 Å². The summed E-state index contributed by atoms with van der Waals surface area (Å²) in [5.74, 6) is -1.88. The van der Waals surface area contributed by atoms with Crippen molar-refractivity contribution >= 4 is 17.5 Å². The smallest absolute Gasteiger partial charge is 0.341 e. The van der Waals surface area contributed by atoms with Gasteiger partial charge in [0, 0.05) is 18.7 Å². The normalized spacial score (nSPS) is 18.7. The average Bonchev–Trinajstić information content (AvgIpc) is 3.02. The predicted octanol–water partition coefficient (Wildman–Crippen LogP) is 3.46. The zero-order valence-corrected chi connectivity index (χ0v) is 13.7. The van der Waals surface area contributed by atoms with Crippen LogP contribution in [0.3, 0.4) is 0 Å². The van der Waals surface area contributed by atoms with Crippen molar-refractivity contribution in [3.8, 4) is 0 Å². The second-order valence-electron chi connectivity index (χ2n) is 6.13. The molecule has 7 heteroatoms. The van der Waals surface area contributed by atoms with Gasteiger partial charge in [-0.2, -0.15) is 13.2 Å². The Kier molecular flexibility index (Phi) is 4.97. The molecule has 1 aliphatic rings. The molecule has 136 valence electrons. The summed E-state index contributed by atoms with van der Waals surface area (Å²) >= 11 is 0. The number of nitrogens with zero attached hydrogens (tertiary/aromatic N) is 1. The zero-order chi connectivity index (χ0) is 18.7. The number of hydrogen-bond acceptors (Lipinski definition) is 2. The number of rotatable bonds is 4. The highest BCUT2D eigenvalue weighted by atomic mass is 19.4. The topological polar surface area (TPSA) is 49.4 Å². The predicted molar refractivity (Wildman–Crippen MR) is 90.3 cm³/mol. The van der Waals surface area contributed by atoms with E-state index in [4.69, 9.17) is 0 Å². The molecule has 1 fully saturated rings. The Labute approximate surface area is 148 Å². The first kappa shape index (κ1) is 18.0. The molecule has 26 heavy (non-hydrogen) atoms. The first-order valence-electron chi connectivity index (χ1n) is 8.13. The monoisotopic (exact) mass is 362 g/mol. The van der Waals surface area contributed by atoms with Gasteiger partial charge in [0.25, 0.3) is 0 Å². The minimum atomic E-state index is -4.63. The van der Waals surface area contributed by atoms with Gasteiger partial charge in [0.1, 0.15) is 0 Å². The van der Waals surface area contributed by atoms with Crippen molar-refractivity contribution in [2.45, 2.75) is 18.6 Å². The summed E-state index contributed by atoms with van der Waals surface area (Å²) in [6.45, 7) is 0.0635. The van der Waals surface area contributed by atoms with E-state index in [2.05, 4.69) is 5.32 Å². The molecule has 2 unspecified atom stereocenters. The van der Waals surface area contributed by atoms with Gasteiger partial charge >= 0.3 is 6.18 Å². The largest absolute Gasteiger partial charge is 0.412 e. The van der Waals surface area contributed by atoms with Gasteiger partial charge in [0.05, 0.1) is 5.92 Å². The Morgan fingerprint density at radius 3 is 2.19 bits per heavy atom. The van der Waals surface area contributed by atoms with Crippen LogP contribution in [0.25, 0.3) is 0 Å². The maximum Gasteiger partial charge on any atom is 0.412 e. The van der Waals surface area contributed by atoms with Gasteiger partial charge in [-0.3, -0.25) is 9.59 Å². The molecule has 1 saturated heterocycles. The quantitative estimate of drug-likeness (QED) is 0.906. The van der Waals surface area contributed by atoms with Crippen LogP contribution in [0, 0.1) is 5.92 Å². The standard InChI is InChI=1S/C19H17F3N2O2/c20-19(21,22)17(13-7-3-1-4-8-13)23-18(26)14-11-16(25)24(12-14)15-9-5-2-6-10-15/h1-10,14,17H,11-12H2,(H,23,26). The minimum absolute atomic E-state index is 0.0439. The lowest BCUT2D eigenvalue weighted by molar-refractivity contribution is -0.164. The van der Waals surface area contributed by atoms with E-state index < -0.39 is 24.0 Å². The van der Waals surface area contributed by atoms with E-state index in [0.717, 1.165) is 0 Å². The number of amides is 2. The third-order valence-electron chi connectivity index (χ3n) is 4.31. The van der Waals surface area contributed by atoms with Crippen LogP contribution in [0.4, 0.5) is 18.9 Å². The fraction of sp³-hybridized carbons (Fsp3) is 0.263. The van der Waals surface area contributed by atoms with Crippen molar-refractivity contribution in [2.24, 2.45) is 5.92 Å². The van der Waals surface area contributed by atoms with E-state index in [0.29, 0.717) is 5.69 Å². The van der Waals surface area contributed by atoms with Crippen LogP contribution in [0.5, 0.6) is 0 Å². The van der Waals surface area contributed by atoms with Gasteiger partial charge in [-0.15, -0.1) is 0 Å². The lowest BCUT2D eigenvalue weighted by Crippen LogP contribution is -2.41. The number of hydrogen-bond donors (Lipinski definition) is 1. The van der Waals surface area contributed by atoms with E-state index in [9.17, 15) is 22.8 Å². The Bertz CT molecular complexity index is 778. The van der Waals surface area contributed by atoms with Crippen LogP contribution >= 0.6 is 0 Å². The van der Waals surface area contributed by atoms with E-state index >= 15 is 0 Å². The summed E-state index contributed by atoms with van der Waals surface area (Å²) in [4.78, 5) is 26.0. The molecule has 3 rings (SSSR count). The lowest BCUT2D eigenvalue weighted by atomic mass is 10.0. The number of benzene rings is 2. The van der Waals surface area contributed by atoms with Crippen molar-refractivity contribution in [2.75, 3.05) is 11.4 Å². The number of alkyl halides is 3. The molecule has 1 N–H and O–H groups in total. The number of carbonyl (C=O) groups excluding carboxylic acids is 2. The van der Waals surface area contributed by atoms with Crippen LogP contribution in [0.1, 0.15) is 18.0 Å². The van der Waals surface area contributed by atoms with Crippen LogP contribution in [0.2, 0.25) is 0 Å². The Morgan fingerprint density at radius 1 is 1.04 bits per heavy atom. The molecule has 0 radical (unpaired) electrons. The SMILES string of the molecule is O=C(NC(c1ccccc1)C(F)(F)F)C1CC(=O)N(c2ccccc2)C1. The van der Waals surface area contributed by atoms with E-state index in [1.165, 1.54) is 29.2 Å². The van der Waals surface area contributed by atoms with Crippen LogP contribution in [-0.2, 0) is 9.59 Å². The molecule has 2 aromatic carbocycles. The molecule has 2 atom stereocenters. The average molecular weight is 362 g/mol. The number of para-hydroxylation sites is 1. The zero-order valence-electron chi connectivity index (χ0n) is 13.7. The first-order valence-corrected chi connectivity index (χ1v) is 8.13. The summed E-state index contributed by atoms with van der Waals surface area (Å²) in [5.41, 5.74) is 0.584. The Morgan fingerprint density at radius 2 is 1.62 bits per heavy atom. The molecule has 0 aliphatic carbocycles. The maximum atomic E-state index is 13.4. The third kappa shape index (κ3) is 3.87. The summed E-state index contributed by atoms with van der Waals surface area (Å²) in [5, 5.41) is 2.06. The summed E-state index contributed by atoms with van der Waals surface area (Å²) in [6.07, 6.45) is -4.74. The van der Waals surface area contributed by atoms with E-state index in [-0.39, 0.29) is 24.4 Å². The first-order chi connectivity index (χ1) is 12.4. The van der Waals surface area contributed by atoms with Crippen LogP contribution in [-0.4, -0.2) is 24.5 Å². The van der Waals surface area contributed by atoms with Gasteiger partial charge in [0.2, 0.25) is 11.8 Å². The van der Waals surface area contributed by atoms with E-state index in [1.807, 2.05) is 0 Å². The van der Waals surface area contributed by atoms with Gasteiger partial charge in [-0.25, -0.2) is 0 Å². The fourth-order valence-electron chi connectivity index (χ4n) is 3.00. The van der Waals surface area contributed by atoms with Crippen molar-refractivity contribution in [3.05, 3.63) is 66.2 Å². The molecule has 2 aromatic rings. The lowest BCUT2D eigenvalue weighted by Gasteiger charge is -2.23. The summed E-state index contributed by atoms with van der Waals surface area (Å²) in [6, 6.07) is 13.8. The molecule has 1 aliphatic heterocycles. The number of halogens is 3. The Balaban J connectivity index is 1.74. The summed E-state index contributed by atoms with van der Waals surface area (Å²) < 4.78 is 40.1. The van der Waals surface area contributed by atoms with Gasteiger partial charge in [-0.05, 0) is 17.7 Å². The van der Waals surface area contributed by atoms with Gasteiger partial charge < -0.3 is 10.2 Å². The maximum absolute atomic E-state index is 13.4. The molecule has 1 heterocycles. The molecule has 0 saturated carbocycles. The van der Waals surface area contributed by atoms with Crippen LogP contribution in [0.15, 0.2) is 60.7 Å². The van der Waals surface area contributed by atoms with Crippen molar-refractivity contribution in [1.29, 1.82) is 0 Å². The number of carbonyl (C=O) groups is 2. The van der Waals surface area contributed by atoms with Gasteiger partial charge in [0.15, 0.2) is 6.04 Å². The molecular weight excluding hydrogens is 345 g/mol. The number of nitrogens with one attached hydrogen (secondary N) is 1.